The summed E-state index contributed by atoms with van der Waals surface area (Å²) in [5, 5.41) is 9.73. The van der Waals surface area contributed by atoms with Crippen LogP contribution in [-0.4, -0.2) is 62.1 Å². The molecule has 6 nitrogen and oxygen atoms in total. The molecular weight excluding hydrogens is 350 g/mol. The average molecular weight is 390 g/mol. The summed E-state index contributed by atoms with van der Waals surface area (Å²) in [4.78, 5) is 19.1. The summed E-state index contributed by atoms with van der Waals surface area (Å²) < 4.78 is 0. The normalized spacial score (nSPS) is 12.7. The molecule has 0 aromatic heterocycles. The van der Waals surface area contributed by atoms with Gasteiger partial charge >= 0.3 is 0 Å². The smallest absolute Gasteiger partial charge is 0.251 e. The maximum Gasteiger partial charge on any atom is 0.251 e. The van der Waals surface area contributed by atoms with Crippen LogP contribution in [0.2, 0.25) is 0 Å². The predicted octanol–water partition coefficient (Wildman–Crippen LogP) is 2.87. The van der Waals surface area contributed by atoms with Gasteiger partial charge in [0.15, 0.2) is 5.96 Å². The minimum Gasteiger partial charge on any atom is -0.357 e. The molecule has 1 amide bonds. The van der Waals surface area contributed by atoms with Gasteiger partial charge in [0.05, 0.1) is 0 Å². The van der Waals surface area contributed by atoms with Gasteiger partial charge in [-0.1, -0.05) is 32.0 Å². The van der Waals surface area contributed by atoms with E-state index in [1.165, 1.54) is 6.42 Å². The molecule has 0 heterocycles. The van der Waals surface area contributed by atoms with Crippen molar-refractivity contribution in [1.82, 2.24) is 20.9 Å². The minimum atomic E-state index is -0.0311. The number of carbonyl (C=O) groups is 1. The molecule has 0 bridgehead atoms. The van der Waals surface area contributed by atoms with E-state index in [1.54, 1.807) is 0 Å². The Bertz CT molecular complexity index is 557. The summed E-state index contributed by atoms with van der Waals surface area (Å²) in [6.07, 6.45) is 3.11. The van der Waals surface area contributed by atoms with Gasteiger partial charge in [0.1, 0.15) is 0 Å². The second-order valence-corrected chi connectivity index (χ2v) is 6.95. The van der Waals surface area contributed by atoms with Gasteiger partial charge in [0.25, 0.3) is 5.91 Å². The second-order valence-electron chi connectivity index (χ2n) is 6.95. The van der Waals surface area contributed by atoms with Gasteiger partial charge in [-0.25, -0.2) is 0 Å². The average Bonchev–Trinajstić information content (AvgIpc) is 2.71. The Balaban J connectivity index is 2.29. The number of rotatable bonds is 13. The van der Waals surface area contributed by atoms with Crippen molar-refractivity contribution in [2.75, 3.05) is 39.3 Å². The highest BCUT2D eigenvalue weighted by atomic mass is 16.1. The van der Waals surface area contributed by atoms with Gasteiger partial charge in [0, 0.05) is 31.2 Å². The van der Waals surface area contributed by atoms with Crippen LogP contribution < -0.4 is 16.0 Å². The van der Waals surface area contributed by atoms with Crippen molar-refractivity contribution >= 4 is 11.9 Å². The van der Waals surface area contributed by atoms with Gasteiger partial charge < -0.3 is 20.9 Å². The molecule has 28 heavy (non-hydrogen) atoms. The van der Waals surface area contributed by atoms with E-state index in [1.807, 2.05) is 30.3 Å². The van der Waals surface area contributed by atoms with Crippen molar-refractivity contribution in [3.63, 3.8) is 0 Å². The third-order valence-corrected chi connectivity index (χ3v) is 4.66. The van der Waals surface area contributed by atoms with Crippen molar-refractivity contribution in [3.05, 3.63) is 35.9 Å². The number of hydrogen-bond acceptors (Lipinski definition) is 3. The molecule has 3 N–H and O–H groups in total. The first-order chi connectivity index (χ1) is 13.6. The minimum absolute atomic E-state index is 0.0311. The standard InChI is InChI=1S/C22H39N5O/c1-5-23-22(26-19(4)13-11-18-27(6-2)7-3)25-17-12-16-24-21(28)20-14-9-8-10-15-20/h8-10,14-15,19H,5-7,11-13,16-18H2,1-4H3,(H,24,28)(H2,23,25,26). The Kier molecular flexibility index (Phi) is 12.8. The Morgan fingerprint density at radius 1 is 1.07 bits per heavy atom. The van der Waals surface area contributed by atoms with Crippen LogP contribution in [0.5, 0.6) is 0 Å². The highest BCUT2D eigenvalue weighted by Gasteiger charge is 2.07. The number of amides is 1. The SMILES string of the molecule is CCNC(=NCCCNC(=O)c1ccccc1)NC(C)CCCN(CC)CC. The molecule has 0 radical (unpaired) electrons. The third kappa shape index (κ3) is 10.3. The van der Waals surface area contributed by atoms with Crippen molar-refractivity contribution in [3.8, 4) is 0 Å². The summed E-state index contributed by atoms with van der Waals surface area (Å²) >= 11 is 0. The molecule has 0 fully saturated rings. The maximum atomic E-state index is 12.0. The van der Waals surface area contributed by atoms with E-state index >= 15 is 0 Å². The van der Waals surface area contributed by atoms with Gasteiger partial charge in [0.2, 0.25) is 0 Å². The number of hydrogen-bond donors (Lipinski definition) is 3. The lowest BCUT2D eigenvalue weighted by atomic mass is 10.2. The van der Waals surface area contributed by atoms with E-state index in [4.69, 9.17) is 0 Å². The third-order valence-electron chi connectivity index (χ3n) is 4.66. The van der Waals surface area contributed by atoms with Crippen LogP contribution in [0, 0.1) is 0 Å². The molecule has 0 aliphatic rings. The van der Waals surface area contributed by atoms with Gasteiger partial charge in [-0.05, 0) is 64.9 Å². The molecule has 1 unspecified atom stereocenters. The quantitative estimate of drug-likeness (QED) is 0.276. The Morgan fingerprint density at radius 3 is 2.43 bits per heavy atom. The molecular formula is C22H39N5O. The molecule has 1 rings (SSSR count). The lowest BCUT2D eigenvalue weighted by Crippen LogP contribution is -2.42. The Labute approximate surface area is 171 Å². The fourth-order valence-electron chi connectivity index (χ4n) is 2.95. The summed E-state index contributed by atoms with van der Waals surface area (Å²) in [5.74, 6) is 0.823. The molecule has 0 spiro atoms. The molecule has 0 aliphatic heterocycles. The number of benzene rings is 1. The zero-order valence-electron chi connectivity index (χ0n) is 18.1. The topological polar surface area (TPSA) is 68.8 Å². The molecule has 6 heteroatoms. The second kappa shape index (κ2) is 14.9. The van der Waals surface area contributed by atoms with Crippen LogP contribution in [0.1, 0.15) is 57.3 Å². The first kappa shape index (κ1) is 24.0. The highest BCUT2D eigenvalue weighted by Crippen LogP contribution is 2.00. The zero-order chi connectivity index (χ0) is 20.6. The van der Waals surface area contributed by atoms with Gasteiger partial charge in [-0.2, -0.15) is 0 Å². The van der Waals surface area contributed by atoms with Crippen LogP contribution in [0.15, 0.2) is 35.3 Å². The van der Waals surface area contributed by atoms with Crippen molar-refractivity contribution in [2.24, 2.45) is 4.99 Å². The molecule has 1 atom stereocenters. The van der Waals surface area contributed by atoms with Gasteiger partial charge in [-0.15, -0.1) is 0 Å². The summed E-state index contributed by atoms with van der Waals surface area (Å²) in [6, 6.07) is 9.68. The fraction of sp³-hybridized carbons (Fsp3) is 0.636. The largest absolute Gasteiger partial charge is 0.357 e. The number of carbonyl (C=O) groups excluding carboxylic acids is 1. The summed E-state index contributed by atoms with van der Waals surface area (Å²) in [6.45, 7) is 14.2. The highest BCUT2D eigenvalue weighted by molar-refractivity contribution is 5.94. The summed E-state index contributed by atoms with van der Waals surface area (Å²) in [5.41, 5.74) is 0.694. The number of guanidine groups is 1. The van der Waals surface area contributed by atoms with E-state index < -0.39 is 0 Å². The Hall–Kier alpha value is -2.08. The van der Waals surface area contributed by atoms with Crippen molar-refractivity contribution < 1.29 is 4.79 Å². The van der Waals surface area contributed by atoms with Gasteiger partial charge in [-0.3, -0.25) is 9.79 Å². The summed E-state index contributed by atoms with van der Waals surface area (Å²) in [7, 11) is 0. The van der Waals surface area contributed by atoms with E-state index in [-0.39, 0.29) is 5.91 Å². The van der Waals surface area contributed by atoms with Crippen LogP contribution in [0.4, 0.5) is 0 Å². The first-order valence-electron chi connectivity index (χ1n) is 10.7. The fourth-order valence-corrected chi connectivity index (χ4v) is 2.95. The molecule has 0 saturated heterocycles. The lowest BCUT2D eigenvalue weighted by Gasteiger charge is -2.21. The van der Waals surface area contributed by atoms with E-state index in [9.17, 15) is 4.79 Å². The Morgan fingerprint density at radius 2 is 1.79 bits per heavy atom. The first-order valence-corrected chi connectivity index (χ1v) is 10.7. The van der Waals surface area contributed by atoms with E-state index in [2.05, 4.69) is 53.5 Å². The monoisotopic (exact) mass is 389 g/mol. The van der Waals surface area contributed by atoms with Crippen molar-refractivity contribution in [2.45, 2.75) is 53.0 Å². The van der Waals surface area contributed by atoms with Crippen LogP contribution in [0.25, 0.3) is 0 Å². The number of aliphatic imine (C=N–C) groups is 1. The molecule has 158 valence electrons. The van der Waals surface area contributed by atoms with Crippen LogP contribution in [-0.2, 0) is 0 Å². The number of nitrogens with one attached hydrogen (secondary N) is 3. The molecule has 0 aliphatic carbocycles. The zero-order valence-corrected chi connectivity index (χ0v) is 18.1. The van der Waals surface area contributed by atoms with E-state index in [0.717, 1.165) is 45.0 Å². The van der Waals surface area contributed by atoms with Crippen LogP contribution in [0.3, 0.4) is 0 Å². The lowest BCUT2D eigenvalue weighted by molar-refractivity contribution is 0.0953. The molecule has 0 saturated carbocycles. The predicted molar refractivity (Wildman–Crippen MR) is 119 cm³/mol. The number of nitrogens with zero attached hydrogens (tertiary/aromatic N) is 2. The molecule has 1 aromatic rings. The molecule has 1 aromatic carbocycles. The van der Waals surface area contributed by atoms with Crippen molar-refractivity contribution in [1.29, 1.82) is 0 Å². The van der Waals surface area contributed by atoms with E-state index in [0.29, 0.717) is 24.7 Å². The maximum absolute atomic E-state index is 12.0. The van der Waals surface area contributed by atoms with Crippen LogP contribution >= 0.6 is 0 Å².